The fourth-order valence-corrected chi connectivity index (χ4v) is 1.49. The number of benzene rings is 1. The van der Waals surface area contributed by atoms with Gasteiger partial charge >= 0.3 is 5.97 Å². The summed E-state index contributed by atoms with van der Waals surface area (Å²) >= 11 is 0. The second kappa shape index (κ2) is 4.16. The average molecular weight is 218 g/mol. The number of aromatic carboxylic acids is 1. The van der Waals surface area contributed by atoms with E-state index in [0.29, 0.717) is 5.56 Å². The lowest BCUT2D eigenvalue weighted by Gasteiger charge is -2.09. The zero-order valence-electron chi connectivity index (χ0n) is 8.29. The van der Waals surface area contributed by atoms with Crippen LogP contribution in [0.2, 0.25) is 0 Å². The van der Waals surface area contributed by atoms with Crippen molar-refractivity contribution in [3.8, 4) is 0 Å². The third-order valence-corrected chi connectivity index (χ3v) is 2.26. The Hall–Kier alpha value is -2.14. The highest BCUT2D eigenvalue weighted by atomic mass is 16.4. The van der Waals surface area contributed by atoms with E-state index in [1.807, 2.05) is 6.07 Å². The van der Waals surface area contributed by atoms with Crippen LogP contribution < -0.4 is 0 Å². The Labute approximate surface area is 91.4 Å². The molecule has 1 aromatic heterocycles. The van der Waals surface area contributed by atoms with E-state index in [0.717, 1.165) is 0 Å². The van der Waals surface area contributed by atoms with Crippen LogP contribution in [0.1, 0.15) is 27.8 Å². The molecule has 5 heteroatoms. The summed E-state index contributed by atoms with van der Waals surface area (Å²) in [7, 11) is 0. The minimum Gasteiger partial charge on any atom is -0.476 e. The van der Waals surface area contributed by atoms with Crippen molar-refractivity contribution in [2.45, 2.75) is 6.10 Å². The number of aromatic amines is 1. The fourth-order valence-electron chi connectivity index (χ4n) is 1.49. The molecule has 16 heavy (non-hydrogen) atoms. The topological polar surface area (TPSA) is 86.2 Å². The third-order valence-electron chi connectivity index (χ3n) is 2.26. The van der Waals surface area contributed by atoms with Crippen LogP contribution in [-0.2, 0) is 0 Å². The van der Waals surface area contributed by atoms with E-state index in [4.69, 9.17) is 5.11 Å². The Morgan fingerprint density at radius 1 is 1.31 bits per heavy atom. The molecule has 5 nitrogen and oxygen atoms in total. The van der Waals surface area contributed by atoms with Gasteiger partial charge < -0.3 is 15.2 Å². The van der Waals surface area contributed by atoms with E-state index in [2.05, 4.69) is 9.97 Å². The molecule has 1 aromatic carbocycles. The molecule has 0 aliphatic rings. The molecule has 0 saturated carbocycles. The number of aliphatic hydroxyl groups is 1. The SMILES string of the molecule is O=C(O)c1nc[nH]c1C(O)c1ccccc1. The van der Waals surface area contributed by atoms with Crippen LogP contribution >= 0.6 is 0 Å². The number of hydrogen-bond donors (Lipinski definition) is 3. The number of carbonyl (C=O) groups is 1. The molecule has 82 valence electrons. The normalized spacial score (nSPS) is 12.3. The Morgan fingerprint density at radius 2 is 2.00 bits per heavy atom. The van der Waals surface area contributed by atoms with Crippen molar-refractivity contribution in [1.29, 1.82) is 0 Å². The van der Waals surface area contributed by atoms with Crippen LogP contribution in [0.5, 0.6) is 0 Å². The number of nitrogens with zero attached hydrogens (tertiary/aromatic N) is 1. The number of rotatable bonds is 3. The van der Waals surface area contributed by atoms with Gasteiger partial charge in [-0.25, -0.2) is 9.78 Å². The summed E-state index contributed by atoms with van der Waals surface area (Å²) in [6.45, 7) is 0. The molecule has 0 bridgehead atoms. The average Bonchev–Trinajstić information content (AvgIpc) is 2.78. The van der Waals surface area contributed by atoms with Crippen LogP contribution in [-0.4, -0.2) is 26.2 Å². The van der Waals surface area contributed by atoms with Crippen LogP contribution in [0.4, 0.5) is 0 Å². The van der Waals surface area contributed by atoms with Gasteiger partial charge in [-0.1, -0.05) is 30.3 Å². The highest BCUT2D eigenvalue weighted by Gasteiger charge is 2.20. The number of aromatic nitrogens is 2. The second-order valence-corrected chi connectivity index (χ2v) is 3.28. The summed E-state index contributed by atoms with van der Waals surface area (Å²) in [6.07, 6.45) is 0.250. The minimum atomic E-state index is -1.16. The third kappa shape index (κ3) is 1.80. The van der Waals surface area contributed by atoms with Gasteiger partial charge in [-0.05, 0) is 5.56 Å². The van der Waals surface area contributed by atoms with Gasteiger partial charge in [-0.15, -0.1) is 0 Å². The number of H-pyrrole nitrogens is 1. The van der Waals surface area contributed by atoms with Crippen LogP contribution in [0.15, 0.2) is 36.7 Å². The lowest BCUT2D eigenvalue weighted by Crippen LogP contribution is -2.08. The quantitative estimate of drug-likeness (QED) is 0.722. The van der Waals surface area contributed by atoms with E-state index in [1.54, 1.807) is 24.3 Å². The molecule has 0 amide bonds. The van der Waals surface area contributed by atoms with Gasteiger partial charge in [0.25, 0.3) is 0 Å². The van der Waals surface area contributed by atoms with Crippen LogP contribution in [0.25, 0.3) is 0 Å². The molecule has 0 spiro atoms. The van der Waals surface area contributed by atoms with Gasteiger partial charge in [0.15, 0.2) is 5.69 Å². The Morgan fingerprint density at radius 3 is 2.62 bits per heavy atom. The maximum Gasteiger partial charge on any atom is 0.356 e. The molecule has 1 heterocycles. The van der Waals surface area contributed by atoms with Gasteiger partial charge in [0, 0.05) is 0 Å². The van der Waals surface area contributed by atoms with Crippen molar-refractivity contribution in [3.63, 3.8) is 0 Å². The zero-order chi connectivity index (χ0) is 11.5. The molecule has 0 saturated heterocycles. The number of hydrogen-bond acceptors (Lipinski definition) is 3. The van der Waals surface area contributed by atoms with Crippen molar-refractivity contribution in [1.82, 2.24) is 9.97 Å². The molecule has 0 aliphatic carbocycles. The largest absolute Gasteiger partial charge is 0.476 e. The fraction of sp³-hybridized carbons (Fsp3) is 0.0909. The first kappa shape index (κ1) is 10.4. The minimum absolute atomic E-state index is 0.156. The van der Waals surface area contributed by atoms with E-state index < -0.39 is 12.1 Å². The predicted molar refractivity (Wildman–Crippen MR) is 56.1 cm³/mol. The lowest BCUT2D eigenvalue weighted by atomic mass is 10.1. The summed E-state index contributed by atoms with van der Waals surface area (Å²) in [5.41, 5.74) is 0.657. The lowest BCUT2D eigenvalue weighted by molar-refractivity contribution is 0.0685. The maximum absolute atomic E-state index is 10.8. The second-order valence-electron chi connectivity index (χ2n) is 3.28. The number of aliphatic hydroxyl groups excluding tert-OH is 1. The van der Waals surface area contributed by atoms with Gasteiger partial charge in [-0.3, -0.25) is 0 Å². The van der Waals surface area contributed by atoms with E-state index in [-0.39, 0.29) is 11.4 Å². The van der Waals surface area contributed by atoms with Crippen molar-refractivity contribution in [3.05, 3.63) is 53.6 Å². The van der Waals surface area contributed by atoms with Crippen LogP contribution in [0.3, 0.4) is 0 Å². The number of carboxylic acids is 1. The molecule has 1 atom stereocenters. The molecule has 2 aromatic rings. The highest BCUT2D eigenvalue weighted by Crippen LogP contribution is 2.21. The van der Waals surface area contributed by atoms with Crippen molar-refractivity contribution < 1.29 is 15.0 Å². The number of carboxylic acid groups (broad SMARTS) is 1. The van der Waals surface area contributed by atoms with Gasteiger partial charge in [0.1, 0.15) is 6.10 Å². The van der Waals surface area contributed by atoms with Crippen LogP contribution in [0, 0.1) is 0 Å². The summed E-state index contributed by atoms with van der Waals surface area (Å²) in [4.78, 5) is 17.1. The van der Waals surface area contributed by atoms with E-state index >= 15 is 0 Å². The highest BCUT2D eigenvalue weighted by molar-refractivity contribution is 5.86. The van der Waals surface area contributed by atoms with Crippen molar-refractivity contribution >= 4 is 5.97 Å². The molecule has 0 aliphatic heterocycles. The smallest absolute Gasteiger partial charge is 0.356 e. The standard InChI is InChI=1S/C11H10N2O3/c14-10(7-4-2-1-3-5-7)8-9(11(15)16)13-6-12-8/h1-6,10,14H,(H,12,13)(H,15,16). The summed E-state index contributed by atoms with van der Waals surface area (Å²) in [6, 6.07) is 8.81. The van der Waals surface area contributed by atoms with E-state index in [9.17, 15) is 9.90 Å². The summed E-state index contributed by atoms with van der Waals surface area (Å²) in [5.74, 6) is -1.16. The van der Waals surface area contributed by atoms with Crippen molar-refractivity contribution in [2.24, 2.45) is 0 Å². The van der Waals surface area contributed by atoms with Gasteiger partial charge in [0.05, 0.1) is 12.0 Å². The Bertz CT molecular complexity index is 493. The molecule has 3 N–H and O–H groups in total. The molecular weight excluding hydrogens is 208 g/mol. The van der Waals surface area contributed by atoms with Gasteiger partial charge in [-0.2, -0.15) is 0 Å². The molecule has 0 fully saturated rings. The monoisotopic (exact) mass is 218 g/mol. The first-order valence-electron chi connectivity index (χ1n) is 4.69. The summed E-state index contributed by atoms with van der Waals surface area (Å²) in [5, 5.41) is 18.8. The maximum atomic E-state index is 10.8. The Kier molecular flexibility index (Phi) is 2.70. The predicted octanol–water partition coefficient (Wildman–Crippen LogP) is 1.19. The molecular formula is C11H10N2O3. The van der Waals surface area contributed by atoms with Gasteiger partial charge in [0.2, 0.25) is 0 Å². The summed E-state index contributed by atoms with van der Waals surface area (Å²) < 4.78 is 0. The van der Waals surface area contributed by atoms with Crippen molar-refractivity contribution in [2.75, 3.05) is 0 Å². The number of nitrogens with one attached hydrogen (secondary N) is 1. The molecule has 1 unspecified atom stereocenters. The zero-order valence-corrected chi connectivity index (χ0v) is 8.29. The first-order chi connectivity index (χ1) is 7.70. The Balaban J connectivity index is 2.38. The number of imidazole rings is 1. The van der Waals surface area contributed by atoms with E-state index in [1.165, 1.54) is 6.33 Å². The molecule has 0 radical (unpaired) electrons. The first-order valence-corrected chi connectivity index (χ1v) is 4.69. The molecule has 2 rings (SSSR count).